The van der Waals surface area contributed by atoms with Crippen LogP contribution in [0.2, 0.25) is 0 Å². The highest BCUT2D eigenvalue weighted by molar-refractivity contribution is 5.00. The maximum Gasteiger partial charge on any atom is 0.117 e. The number of hydrogen-bond acceptors (Lipinski definition) is 4. The van der Waals surface area contributed by atoms with Gasteiger partial charge in [-0.15, -0.1) is 0 Å². The van der Waals surface area contributed by atoms with Crippen molar-refractivity contribution in [1.29, 1.82) is 0 Å². The van der Waals surface area contributed by atoms with Gasteiger partial charge in [0, 0.05) is 25.2 Å². The molecule has 2 N–H and O–H groups in total. The van der Waals surface area contributed by atoms with Crippen LogP contribution in [0.3, 0.4) is 0 Å². The van der Waals surface area contributed by atoms with Gasteiger partial charge in [0.15, 0.2) is 0 Å². The fraction of sp³-hybridized carbons (Fsp3) is 0.692. The van der Waals surface area contributed by atoms with E-state index in [0.717, 1.165) is 25.4 Å². The fourth-order valence-electron chi connectivity index (χ4n) is 2.31. The van der Waals surface area contributed by atoms with Crippen LogP contribution in [0.5, 0.6) is 0 Å². The van der Waals surface area contributed by atoms with Crippen molar-refractivity contribution in [3.05, 3.63) is 24.2 Å². The lowest BCUT2D eigenvalue weighted by Gasteiger charge is -2.40. The average molecular weight is 238 g/mol. The van der Waals surface area contributed by atoms with Crippen LogP contribution in [-0.4, -0.2) is 41.8 Å². The minimum absolute atomic E-state index is 0.190. The summed E-state index contributed by atoms with van der Waals surface area (Å²) in [5.41, 5.74) is 0. The molecule has 4 nitrogen and oxygen atoms in total. The predicted octanol–water partition coefficient (Wildman–Crippen LogP) is 1.07. The Morgan fingerprint density at radius 3 is 3.00 bits per heavy atom. The maximum absolute atomic E-state index is 9.40. The molecule has 0 amide bonds. The summed E-state index contributed by atoms with van der Waals surface area (Å²) in [6.07, 6.45) is 1.70. The van der Waals surface area contributed by atoms with Crippen LogP contribution in [0.25, 0.3) is 0 Å². The smallest absolute Gasteiger partial charge is 0.117 e. The first kappa shape index (κ1) is 12.6. The van der Waals surface area contributed by atoms with Gasteiger partial charge in [-0.25, -0.2) is 0 Å². The number of aliphatic hydroxyl groups excluding tert-OH is 1. The van der Waals surface area contributed by atoms with Gasteiger partial charge in [-0.05, 0) is 18.1 Å². The highest BCUT2D eigenvalue weighted by Crippen LogP contribution is 2.16. The van der Waals surface area contributed by atoms with Crippen LogP contribution in [0.1, 0.15) is 19.6 Å². The molecule has 0 spiro atoms. The summed E-state index contributed by atoms with van der Waals surface area (Å²) in [5.74, 6) is 1.57. The monoisotopic (exact) mass is 238 g/mol. The van der Waals surface area contributed by atoms with E-state index in [-0.39, 0.29) is 12.6 Å². The molecule has 1 saturated heterocycles. The van der Waals surface area contributed by atoms with E-state index in [1.54, 1.807) is 6.26 Å². The van der Waals surface area contributed by atoms with Crippen molar-refractivity contribution in [3.63, 3.8) is 0 Å². The molecule has 0 saturated carbocycles. The third kappa shape index (κ3) is 3.09. The lowest BCUT2D eigenvalue weighted by atomic mass is 9.99. The van der Waals surface area contributed by atoms with Gasteiger partial charge in [-0.1, -0.05) is 13.8 Å². The largest absolute Gasteiger partial charge is 0.468 e. The summed E-state index contributed by atoms with van der Waals surface area (Å²) >= 11 is 0. The number of hydrogen-bond donors (Lipinski definition) is 2. The van der Waals surface area contributed by atoms with Crippen molar-refractivity contribution >= 4 is 0 Å². The molecule has 0 radical (unpaired) electrons. The molecule has 1 aliphatic heterocycles. The zero-order valence-corrected chi connectivity index (χ0v) is 10.6. The van der Waals surface area contributed by atoms with Crippen LogP contribution in [0.15, 0.2) is 22.8 Å². The van der Waals surface area contributed by atoms with Crippen molar-refractivity contribution in [2.75, 3.05) is 19.7 Å². The van der Waals surface area contributed by atoms with Gasteiger partial charge in [0.2, 0.25) is 0 Å². The lowest BCUT2D eigenvalue weighted by molar-refractivity contribution is 0.0594. The molecule has 4 heteroatoms. The molecule has 17 heavy (non-hydrogen) atoms. The quantitative estimate of drug-likeness (QED) is 0.824. The van der Waals surface area contributed by atoms with Gasteiger partial charge < -0.3 is 14.8 Å². The van der Waals surface area contributed by atoms with E-state index in [1.165, 1.54) is 0 Å². The first-order valence-electron chi connectivity index (χ1n) is 6.31. The van der Waals surface area contributed by atoms with Crippen LogP contribution in [0.4, 0.5) is 0 Å². The van der Waals surface area contributed by atoms with E-state index in [0.29, 0.717) is 12.0 Å². The molecule has 96 valence electrons. The number of nitrogens with one attached hydrogen (secondary N) is 1. The van der Waals surface area contributed by atoms with E-state index < -0.39 is 0 Å². The van der Waals surface area contributed by atoms with E-state index >= 15 is 0 Å². The standard InChI is InChI=1S/C13H22N2O2/c1-10(2)13-8-15(11(9-16)6-14-13)7-12-4-3-5-17-12/h3-5,10-11,13-14,16H,6-9H2,1-2H3. The van der Waals surface area contributed by atoms with Crippen LogP contribution < -0.4 is 5.32 Å². The Balaban J connectivity index is 1.99. The number of piperazine rings is 1. The molecule has 0 aliphatic carbocycles. The SMILES string of the molecule is CC(C)C1CN(Cc2ccco2)C(CO)CN1. The van der Waals surface area contributed by atoms with Crippen LogP contribution in [0, 0.1) is 5.92 Å². The van der Waals surface area contributed by atoms with E-state index in [4.69, 9.17) is 4.42 Å². The summed E-state index contributed by atoms with van der Waals surface area (Å²) in [5, 5.41) is 12.9. The van der Waals surface area contributed by atoms with Gasteiger partial charge in [0.25, 0.3) is 0 Å². The summed E-state index contributed by atoms with van der Waals surface area (Å²) in [7, 11) is 0. The topological polar surface area (TPSA) is 48.6 Å². The third-order valence-electron chi connectivity index (χ3n) is 3.52. The second-order valence-electron chi connectivity index (χ2n) is 5.10. The molecule has 2 atom stereocenters. The van der Waals surface area contributed by atoms with Crippen molar-refractivity contribution in [2.24, 2.45) is 5.92 Å². The summed E-state index contributed by atoms with van der Waals surface area (Å²) in [6.45, 7) is 7.23. The van der Waals surface area contributed by atoms with Gasteiger partial charge in [-0.2, -0.15) is 0 Å². The maximum atomic E-state index is 9.40. The number of aliphatic hydroxyl groups is 1. The number of rotatable bonds is 4. The molecule has 0 aromatic carbocycles. The fourth-order valence-corrected chi connectivity index (χ4v) is 2.31. The Labute approximate surface area is 103 Å². The Kier molecular flexibility index (Phi) is 4.20. The highest BCUT2D eigenvalue weighted by Gasteiger charge is 2.29. The molecule has 1 aromatic heterocycles. The molecule has 1 fully saturated rings. The number of furan rings is 1. The normalized spacial score (nSPS) is 26.6. The zero-order valence-electron chi connectivity index (χ0n) is 10.6. The minimum Gasteiger partial charge on any atom is -0.468 e. The van der Waals surface area contributed by atoms with Crippen molar-refractivity contribution < 1.29 is 9.52 Å². The van der Waals surface area contributed by atoms with Gasteiger partial charge in [-0.3, -0.25) is 4.90 Å². The second-order valence-corrected chi connectivity index (χ2v) is 5.10. The Morgan fingerprint density at radius 2 is 2.41 bits per heavy atom. The molecule has 2 heterocycles. The van der Waals surface area contributed by atoms with Crippen LogP contribution in [-0.2, 0) is 6.54 Å². The van der Waals surface area contributed by atoms with E-state index in [9.17, 15) is 5.11 Å². The molecule has 0 bridgehead atoms. The Morgan fingerprint density at radius 1 is 1.59 bits per heavy atom. The Bertz CT molecular complexity index is 324. The summed E-state index contributed by atoms with van der Waals surface area (Å²) in [6, 6.07) is 4.58. The molecule has 2 rings (SSSR count). The summed E-state index contributed by atoms with van der Waals surface area (Å²) < 4.78 is 5.38. The summed E-state index contributed by atoms with van der Waals surface area (Å²) in [4.78, 5) is 2.31. The average Bonchev–Trinajstić information content (AvgIpc) is 2.81. The van der Waals surface area contributed by atoms with Crippen molar-refractivity contribution in [3.8, 4) is 0 Å². The van der Waals surface area contributed by atoms with Gasteiger partial charge >= 0.3 is 0 Å². The zero-order chi connectivity index (χ0) is 12.3. The third-order valence-corrected chi connectivity index (χ3v) is 3.52. The first-order valence-corrected chi connectivity index (χ1v) is 6.31. The second kappa shape index (κ2) is 5.67. The van der Waals surface area contributed by atoms with Gasteiger partial charge in [0.1, 0.15) is 5.76 Å². The molecule has 1 aliphatic rings. The van der Waals surface area contributed by atoms with E-state index in [1.807, 2.05) is 12.1 Å². The number of nitrogens with zero attached hydrogens (tertiary/aromatic N) is 1. The first-order chi connectivity index (χ1) is 8.20. The van der Waals surface area contributed by atoms with Crippen LogP contribution >= 0.6 is 0 Å². The molecular weight excluding hydrogens is 216 g/mol. The Hall–Kier alpha value is -0.840. The lowest BCUT2D eigenvalue weighted by Crippen LogP contribution is -2.58. The van der Waals surface area contributed by atoms with Crippen molar-refractivity contribution in [2.45, 2.75) is 32.5 Å². The van der Waals surface area contributed by atoms with E-state index in [2.05, 4.69) is 24.1 Å². The molecule has 1 aromatic rings. The molecule has 2 unspecified atom stereocenters. The van der Waals surface area contributed by atoms with Crippen molar-refractivity contribution in [1.82, 2.24) is 10.2 Å². The molecular formula is C13H22N2O2. The minimum atomic E-state index is 0.190. The van der Waals surface area contributed by atoms with Gasteiger partial charge in [0.05, 0.1) is 19.4 Å². The predicted molar refractivity (Wildman–Crippen MR) is 66.6 cm³/mol. The highest BCUT2D eigenvalue weighted by atomic mass is 16.3.